The van der Waals surface area contributed by atoms with Crippen molar-refractivity contribution in [3.8, 4) is 0 Å². The summed E-state index contributed by atoms with van der Waals surface area (Å²) < 4.78 is 16.6. The summed E-state index contributed by atoms with van der Waals surface area (Å²) in [6.07, 6.45) is 42.1. The van der Waals surface area contributed by atoms with Crippen molar-refractivity contribution in [1.29, 1.82) is 0 Å². The summed E-state index contributed by atoms with van der Waals surface area (Å²) in [5.41, 5.74) is 0. The van der Waals surface area contributed by atoms with Gasteiger partial charge in [-0.25, -0.2) is 0 Å². The van der Waals surface area contributed by atoms with Gasteiger partial charge in [0, 0.05) is 32.4 Å². The van der Waals surface area contributed by atoms with E-state index < -0.39 is 5.92 Å². The molecule has 1 rings (SSSR count). The Kier molecular flexibility index (Phi) is 35.7. The van der Waals surface area contributed by atoms with Gasteiger partial charge in [-0.2, -0.15) is 0 Å². The molecule has 0 amide bonds. The summed E-state index contributed by atoms with van der Waals surface area (Å²) in [4.78, 5) is 39.5. The molecule has 55 heavy (non-hydrogen) atoms. The molecule has 0 spiro atoms. The van der Waals surface area contributed by atoms with Crippen LogP contribution in [0.25, 0.3) is 0 Å². The molecule has 1 aliphatic heterocycles. The van der Waals surface area contributed by atoms with Gasteiger partial charge in [-0.3, -0.25) is 19.3 Å². The fraction of sp³-hybridized carbons (Fsp3) is 0.851. The number of hydrogen-bond acceptors (Lipinski definition) is 8. The third-order valence-corrected chi connectivity index (χ3v) is 10.5. The average molecular weight is 776 g/mol. The predicted molar refractivity (Wildman–Crippen MR) is 227 cm³/mol. The first-order chi connectivity index (χ1) is 26.9. The normalized spacial score (nSPS) is 13.6. The van der Waals surface area contributed by atoms with Crippen LogP contribution in [0.4, 0.5) is 0 Å². The molecular formula is C47H85NO7. The van der Waals surface area contributed by atoms with Crippen molar-refractivity contribution in [3.63, 3.8) is 0 Å². The van der Waals surface area contributed by atoms with Gasteiger partial charge < -0.3 is 19.3 Å². The summed E-state index contributed by atoms with van der Waals surface area (Å²) in [6.45, 7) is 6.73. The Morgan fingerprint density at radius 1 is 0.491 bits per heavy atom. The molecule has 0 aromatic carbocycles. The van der Waals surface area contributed by atoms with E-state index in [2.05, 4.69) is 43.1 Å². The zero-order chi connectivity index (χ0) is 39.9. The number of unbranched alkanes of at least 4 members (excludes halogenated alkanes) is 22. The van der Waals surface area contributed by atoms with E-state index in [1.807, 2.05) is 0 Å². The molecule has 0 saturated carbocycles. The second-order valence-corrected chi connectivity index (χ2v) is 16.1. The number of nitrogens with zero attached hydrogens (tertiary/aromatic N) is 1. The van der Waals surface area contributed by atoms with Gasteiger partial charge >= 0.3 is 17.9 Å². The number of carbonyl (C=O) groups excluding carboxylic acids is 3. The lowest BCUT2D eigenvalue weighted by molar-refractivity contribution is -0.153. The Morgan fingerprint density at radius 3 is 1.15 bits per heavy atom. The van der Waals surface area contributed by atoms with E-state index in [1.165, 1.54) is 116 Å². The Hall–Kier alpha value is -2.19. The lowest BCUT2D eigenvalue weighted by Crippen LogP contribution is -2.50. The fourth-order valence-electron chi connectivity index (χ4n) is 6.85. The van der Waals surface area contributed by atoms with Crippen molar-refractivity contribution >= 4 is 17.9 Å². The average Bonchev–Trinajstić information content (AvgIpc) is 3.16. The minimum Gasteiger partial charge on any atom is -0.465 e. The Balaban J connectivity index is 2.21. The van der Waals surface area contributed by atoms with E-state index >= 15 is 0 Å². The minimum absolute atomic E-state index is 0.0443. The highest BCUT2D eigenvalue weighted by Gasteiger charge is 2.24. The highest BCUT2D eigenvalue weighted by atomic mass is 16.6. The standard InChI is InChI=1S/C47H85NO7/c1-3-5-7-9-11-13-15-17-19-21-23-25-27-29-31-34-45(50)53-40-43(42-55-47(52)36-33-37-48-38-44(49)39-48)41-54-46(51)35-32-30-28-26-24-22-20-18-16-14-12-10-8-6-4-2/h17-20,43-44,49H,3-16,21-42H2,1-2H3/b19-17-,20-18-. The number of hydrogen-bond donors (Lipinski definition) is 1. The first kappa shape index (κ1) is 50.8. The van der Waals surface area contributed by atoms with Crippen LogP contribution in [-0.2, 0) is 28.6 Å². The number of rotatable bonds is 40. The van der Waals surface area contributed by atoms with E-state index in [4.69, 9.17) is 14.2 Å². The topological polar surface area (TPSA) is 102 Å². The van der Waals surface area contributed by atoms with Gasteiger partial charge in [0.05, 0.1) is 12.0 Å². The number of esters is 3. The second kappa shape index (κ2) is 38.7. The quantitative estimate of drug-likeness (QED) is 0.0284. The van der Waals surface area contributed by atoms with Crippen molar-refractivity contribution in [1.82, 2.24) is 4.90 Å². The van der Waals surface area contributed by atoms with Crippen LogP contribution in [0, 0.1) is 5.92 Å². The van der Waals surface area contributed by atoms with Gasteiger partial charge in [-0.05, 0) is 77.2 Å². The molecule has 1 aliphatic rings. The van der Waals surface area contributed by atoms with E-state index in [-0.39, 0.29) is 50.3 Å². The fourth-order valence-corrected chi connectivity index (χ4v) is 6.85. The van der Waals surface area contributed by atoms with Crippen molar-refractivity contribution in [2.45, 2.75) is 213 Å². The molecule has 1 heterocycles. The molecule has 0 unspecified atom stereocenters. The maximum Gasteiger partial charge on any atom is 0.305 e. The molecule has 0 aromatic rings. The van der Waals surface area contributed by atoms with Gasteiger partial charge in [0.15, 0.2) is 0 Å². The van der Waals surface area contributed by atoms with Crippen LogP contribution in [0.2, 0.25) is 0 Å². The molecule has 0 atom stereocenters. The summed E-state index contributed by atoms with van der Waals surface area (Å²) in [5, 5.41) is 9.44. The van der Waals surface area contributed by atoms with Crippen LogP contribution in [0.3, 0.4) is 0 Å². The zero-order valence-electron chi connectivity index (χ0n) is 35.8. The summed E-state index contributed by atoms with van der Waals surface area (Å²) in [6, 6.07) is 0. The molecule has 1 N–H and O–H groups in total. The van der Waals surface area contributed by atoms with Gasteiger partial charge in [0.1, 0.15) is 19.8 Å². The van der Waals surface area contributed by atoms with Gasteiger partial charge in [0.2, 0.25) is 0 Å². The number of β-amino-alcohol motifs (C(OH)–C–C–N with tert-alkyl or cyclic N) is 1. The van der Waals surface area contributed by atoms with Crippen LogP contribution in [0.1, 0.15) is 206 Å². The van der Waals surface area contributed by atoms with E-state index in [1.54, 1.807) is 0 Å². The smallest absolute Gasteiger partial charge is 0.305 e. The minimum atomic E-state index is -0.398. The number of aliphatic hydroxyl groups is 1. The van der Waals surface area contributed by atoms with Gasteiger partial charge in [-0.15, -0.1) is 0 Å². The van der Waals surface area contributed by atoms with Gasteiger partial charge in [0.25, 0.3) is 0 Å². The number of aliphatic hydroxyl groups excluding tert-OH is 1. The van der Waals surface area contributed by atoms with E-state index in [0.29, 0.717) is 32.4 Å². The molecule has 0 aromatic heterocycles. The molecule has 0 bridgehead atoms. The predicted octanol–water partition coefficient (Wildman–Crippen LogP) is 11.8. The Labute approximate surface area is 338 Å². The lowest BCUT2D eigenvalue weighted by Gasteiger charge is -2.35. The monoisotopic (exact) mass is 776 g/mol. The molecule has 0 radical (unpaired) electrons. The third kappa shape index (κ3) is 34.8. The Bertz CT molecular complexity index is 905. The van der Waals surface area contributed by atoms with Crippen molar-refractivity contribution < 1.29 is 33.7 Å². The maximum atomic E-state index is 12.5. The Morgan fingerprint density at radius 2 is 0.800 bits per heavy atom. The van der Waals surface area contributed by atoms with Crippen molar-refractivity contribution in [2.24, 2.45) is 5.92 Å². The van der Waals surface area contributed by atoms with Crippen LogP contribution < -0.4 is 0 Å². The third-order valence-electron chi connectivity index (χ3n) is 10.5. The van der Waals surface area contributed by atoms with Gasteiger partial charge in [-0.1, -0.05) is 141 Å². The molecule has 320 valence electrons. The van der Waals surface area contributed by atoms with Crippen LogP contribution in [-0.4, -0.2) is 73.5 Å². The maximum absolute atomic E-state index is 12.5. The van der Waals surface area contributed by atoms with Crippen LogP contribution in [0.5, 0.6) is 0 Å². The van der Waals surface area contributed by atoms with Crippen molar-refractivity contribution in [3.05, 3.63) is 24.3 Å². The van der Waals surface area contributed by atoms with Crippen LogP contribution in [0.15, 0.2) is 24.3 Å². The summed E-state index contributed by atoms with van der Waals surface area (Å²) >= 11 is 0. The largest absolute Gasteiger partial charge is 0.465 e. The van der Waals surface area contributed by atoms with Crippen LogP contribution >= 0.6 is 0 Å². The van der Waals surface area contributed by atoms with E-state index in [9.17, 15) is 19.5 Å². The molecule has 1 saturated heterocycles. The zero-order valence-corrected chi connectivity index (χ0v) is 35.8. The molecular weight excluding hydrogens is 691 g/mol. The number of ether oxygens (including phenoxy) is 3. The SMILES string of the molecule is CCCCCCCC/C=C\CCCCCCCC(=O)OCC(COC(=O)CCCCCCC/C=C\CCCCCCCC)COC(=O)CCCN1CC(O)C1. The number of likely N-dealkylation sites (tertiary alicyclic amines) is 1. The first-order valence-electron chi connectivity index (χ1n) is 23.1. The molecule has 1 fully saturated rings. The highest BCUT2D eigenvalue weighted by Crippen LogP contribution is 2.14. The molecule has 8 nitrogen and oxygen atoms in total. The number of allylic oxidation sites excluding steroid dienone is 4. The first-order valence-corrected chi connectivity index (χ1v) is 23.1. The highest BCUT2D eigenvalue weighted by molar-refractivity contribution is 5.70. The number of carbonyl (C=O) groups is 3. The summed E-state index contributed by atoms with van der Waals surface area (Å²) in [7, 11) is 0. The molecule has 0 aliphatic carbocycles. The molecule has 8 heteroatoms. The lowest BCUT2D eigenvalue weighted by atomic mass is 10.1. The second-order valence-electron chi connectivity index (χ2n) is 16.1. The summed E-state index contributed by atoms with van der Waals surface area (Å²) in [5.74, 6) is -1.23. The van der Waals surface area contributed by atoms with Crippen molar-refractivity contribution in [2.75, 3.05) is 39.5 Å². The van der Waals surface area contributed by atoms with E-state index in [0.717, 1.165) is 57.9 Å².